The number of benzene rings is 2. The van der Waals surface area contributed by atoms with Crippen LogP contribution in [0.3, 0.4) is 0 Å². The third-order valence-electron chi connectivity index (χ3n) is 5.23. The van der Waals surface area contributed by atoms with E-state index < -0.39 is 0 Å². The van der Waals surface area contributed by atoms with Gasteiger partial charge in [-0.3, -0.25) is 9.69 Å². The summed E-state index contributed by atoms with van der Waals surface area (Å²) in [6.45, 7) is 4.49. The number of anilines is 2. The first-order valence-electron chi connectivity index (χ1n) is 9.82. The van der Waals surface area contributed by atoms with Crippen LogP contribution in [0.1, 0.15) is 28.8 Å². The monoisotopic (exact) mass is 424 g/mol. The van der Waals surface area contributed by atoms with Crippen LogP contribution in [-0.2, 0) is 6.67 Å². The number of hydrogen-bond acceptors (Lipinski definition) is 6. The highest BCUT2D eigenvalue weighted by atomic mass is 32.1. The van der Waals surface area contributed by atoms with Crippen LogP contribution in [0.5, 0.6) is 0 Å². The average Bonchev–Trinajstić information content (AvgIpc) is 3.07. The summed E-state index contributed by atoms with van der Waals surface area (Å²) in [5.74, 6) is 0.371. The molecule has 1 aromatic heterocycles. The SMILES string of the molecule is Cc1cccc(Nc2nn(CN3CCC(C(=O)c4ccccc4)CC3)c(=S)s2)c1. The van der Waals surface area contributed by atoms with E-state index in [1.165, 1.54) is 16.9 Å². The number of hydrogen-bond donors (Lipinski definition) is 1. The van der Waals surface area contributed by atoms with Crippen molar-refractivity contribution in [1.82, 2.24) is 14.7 Å². The first kappa shape index (κ1) is 19.9. The zero-order chi connectivity index (χ0) is 20.2. The molecule has 1 aliphatic heterocycles. The number of rotatable bonds is 6. The molecule has 0 atom stereocenters. The number of aromatic nitrogens is 2. The fourth-order valence-electron chi connectivity index (χ4n) is 3.66. The van der Waals surface area contributed by atoms with Gasteiger partial charge < -0.3 is 5.32 Å². The highest BCUT2D eigenvalue weighted by molar-refractivity contribution is 7.73. The van der Waals surface area contributed by atoms with Crippen LogP contribution in [0.15, 0.2) is 54.6 Å². The lowest BCUT2D eigenvalue weighted by Gasteiger charge is -2.30. The molecule has 0 amide bonds. The van der Waals surface area contributed by atoms with Crippen LogP contribution in [0.25, 0.3) is 0 Å². The molecule has 2 heterocycles. The van der Waals surface area contributed by atoms with Gasteiger partial charge in [0.1, 0.15) is 0 Å². The molecule has 0 unspecified atom stereocenters. The maximum atomic E-state index is 12.7. The van der Waals surface area contributed by atoms with Crippen LogP contribution >= 0.6 is 23.6 Å². The Balaban J connectivity index is 1.34. The van der Waals surface area contributed by atoms with Gasteiger partial charge in [-0.2, -0.15) is 0 Å². The first-order valence-corrected chi connectivity index (χ1v) is 11.0. The van der Waals surface area contributed by atoms with Crippen LogP contribution in [-0.4, -0.2) is 33.6 Å². The lowest BCUT2D eigenvalue weighted by atomic mass is 9.89. The second-order valence-electron chi connectivity index (χ2n) is 7.43. The minimum Gasteiger partial charge on any atom is -0.330 e. The molecule has 7 heteroatoms. The molecule has 0 saturated carbocycles. The zero-order valence-corrected chi connectivity index (χ0v) is 18.0. The fraction of sp³-hybridized carbons (Fsp3) is 0.318. The molecule has 0 bridgehead atoms. The topological polar surface area (TPSA) is 50.2 Å². The van der Waals surface area contributed by atoms with Crippen molar-refractivity contribution >= 4 is 40.2 Å². The number of aryl methyl sites for hydroxylation is 1. The van der Waals surface area contributed by atoms with E-state index in [1.807, 2.05) is 47.1 Å². The van der Waals surface area contributed by atoms with Crippen LogP contribution in [0, 0.1) is 16.8 Å². The lowest BCUT2D eigenvalue weighted by molar-refractivity contribution is 0.0804. The first-order chi connectivity index (χ1) is 14.1. The molecule has 29 heavy (non-hydrogen) atoms. The minimum atomic E-state index is 0.107. The highest BCUT2D eigenvalue weighted by Gasteiger charge is 2.26. The molecule has 1 aliphatic rings. The summed E-state index contributed by atoms with van der Waals surface area (Å²) in [6.07, 6.45) is 1.75. The molecule has 4 rings (SSSR count). The van der Waals surface area contributed by atoms with Gasteiger partial charge in [-0.15, -0.1) is 5.10 Å². The number of ketones is 1. The van der Waals surface area contributed by atoms with Gasteiger partial charge in [0, 0.05) is 30.3 Å². The summed E-state index contributed by atoms with van der Waals surface area (Å²) in [7, 11) is 0. The van der Waals surface area contributed by atoms with Crippen LogP contribution in [0.2, 0.25) is 0 Å². The van der Waals surface area contributed by atoms with Crippen molar-refractivity contribution in [3.8, 4) is 0 Å². The van der Waals surface area contributed by atoms with Crippen molar-refractivity contribution in [3.05, 3.63) is 69.7 Å². The number of Topliss-reactive ketones (excluding diaryl/α,β-unsaturated/α-hetero) is 1. The van der Waals surface area contributed by atoms with E-state index in [4.69, 9.17) is 12.2 Å². The van der Waals surface area contributed by atoms with Gasteiger partial charge in [-0.1, -0.05) is 53.8 Å². The second-order valence-corrected chi connectivity index (χ2v) is 9.05. The number of likely N-dealkylation sites (tertiary alicyclic amines) is 1. The standard InChI is InChI=1S/C22H24N4OS2/c1-16-6-5-9-19(14-16)23-21-24-26(22(28)29-21)15-25-12-10-18(11-13-25)20(27)17-7-3-2-4-8-17/h2-9,14,18H,10-13,15H2,1H3,(H,23,24). The molecule has 0 spiro atoms. The van der Waals surface area contributed by atoms with Gasteiger partial charge in [-0.25, -0.2) is 4.68 Å². The summed E-state index contributed by atoms with van der Waals surface area (Å²) < 4.78 is 2.62. The minimum absolute atomic E-state index is 0.107. The third kappa shape index (κ3) is 4.98. The van der Waals surface area contributed by atoms with Gasteiger partial charge in [0.25, 0.3) is 0 Å². The maximum Gasteiger partial charge on any atom is 0.209 e. The smallest absolute Gasteiger partial charge is 0.209 e. The number of carbonyl (C=O) groups excluding carboxylic acids is 1. The van der Waals surface area contributed by atoms with Gasteiger partial charge in [0.15, 0.2) is 9.74 Å². The van der Waals surface area contributed by atoms with Gasteiger partial charge in [0.2, 0.25) is 5.13 Å². The number of carbonyl (C=O) groups is 1. The second kappa shape index (κ2) is 8.98. The van der Waals surface area contributed by atoms with Crippen LogP contribution < -0.4 is 5.32 Å². The number of nitrogens with zero attached hydrogens (tertiary/aromatic N) is 3. The van der Waals surface area contributed by atoms with Crippen LogP contribution in [0.4, 0.5) is 10.8 Å². The Morgan fingerprint density at radius 3 is 2.66 bits per heavy atom. The zero-order valence-electron chi connectivity index (χ0n) is 16.4. The normalized spacial score (nSPS) is 15.3. The summed E-state index contributed by atoms with van der Waals surface area (Å²) >= 11 is 6.99. The quantitative estimate of drug-likeness (QED) is 0.431. The summed E-state index contributed by atoms with van der Waals surface area (Å²) in [6, 6.07) is 17.8. The van der Waals surface area contributed by atoms with Gasteiger partial charge in [0.05, 0.1) is 6.67 Å². The Bertz CT molecular complexity index is 1040. The van der Waals surface area contributed by atoms with E-state index in [0.717, 1.165) is 46.3 Å². The van der Waals surface area contributed by atoms with E-state index in [-0.39, 0.29) is 11.7 Å². The van der Waals surface area contributed by atoms with Crippen molar-refractivity contribution in [2.75, 3.05) is 18.4 Å². The Morgan fingerprint density at radius 2 is 1.93 bits per heavy atom. The molecular weight excluding hydrogens is 400 g/mol. The van der Waals surface area contributed by atoms with Gasteiger partial charge >= 0.3 is 0 Å². The Kier molecular flexibility index (Phi) is 6.18. The van der Waals surface area contributed by atoms with Gasteiger partial charge in [-0.05, 0) is 49.7 Å². The van der Waals surface area contributed by atoms with E-state index >= 15 is 0 Å². The van der Waals surface area contributed by atoms with E-state index in [0.29, 0.717) is 6.67 Å². The lowest BCUT2D eigenvalue weighted by Crippen LogP contribution is -2.37. The fourth-order valence-corrected chi connectivity index (χ4v) is 4.67. The van der Waals surface area contributed by atoms with Crippen molar-refractivity contribution in [1.29, 1.82) is 0 Å². The summed E-state index contributed by atoms with van der Waals surface area (Å²) in [5.41, 5.74) is 3.03. The number of piperidine rings is 1. The molecule has 5 nitrogen and oxygen atoms in total. The van der Waals surface area contributed by atoms with Crippen molar-refractivity contribution in [3.63, 3.8) is 0 Å². The molecule has 1 N–H and O–H groups in total. The molecule has 2 aromatic carbocycles. The van der Waals surface area contributed by atoms with Crippen molar-refractivity contribution < 1.29 is 4.79 Å². The largest absolute Gasteiger partial charge is 0.330 e. The van der Waals surface area contributed by atoms with Crippen molar-refractivity contribution in [2.24, 2.45) is 5.92 Å². The highest BCUT2D eigenvalue weighted by Crippen LogP contribution is 2.24. The molecule has 0 aliphatic carbocycles. The predicted molar refractivity (Wildman–Crippen MR) is 120 cm³/mol. The third-order valence-corrected chi connectivity index (χ3v) is 6.45. The molecule has 150 valence electrons. The average molecular weight is 425 g/mol. The molecule has 1 saturated heterocycles. The molecule has 0 radical (unpaired) electrons. The van der Waals surface area contributed by atoms with E-state index in [2.05, 4.69) is 34.4 Å². The Hall–Kier alpha value is -2.35. The summed E-state index contributed by atoms with van der Waals surface area (Å²) in [5, 5.41) is 8.78. The Morgan fingerprint density at radius 1 is 1.17 bits per heavy atom. The summed E-state index contributed by atoms with van der Waals surface area (Å²) in [4.78, 5) is 15.0. The molecular formula is C22H24N4OS2. The molecule has 1 fully saturated rings. The molecule has 3 aromatic rings. The van der Waals surface area contributed by atoms with Crippen molar-refractivity contribution in [2.45, 2.75) is 26.4 Å². The van der Waals surface area contributed by atoms with E-state index in [9.17, 15) is 4.79 Å². The number of nitrogens with one attached hydrogen (secondary N) is 1. The predicted octanol–water partition coefficient (Wildman–Crippen LogP) is 5.28. The van der Waals surface area contributed by atoms with E-state index in [1.54, 1.807) is 0 Å². The maximum absolute atomic E-state index is 12.7. The Labute approximate surface area is 180 Å².